The van der Waals surface area contributed by atoms with E-state index in [1.807, 2.05) is 0 Å². The molecule has 0 heterocycles. The summed E-state index contributed by atoms with van der Waals surface area (Å²) < 4.78 is 21.0. The molecular formula is C13H28O6. The van der Waals surface area contributed by atoms with Crippen LogP contribution in [0.25, 0.3) is 0 Å². The van der Waals surface area contributed by atoms with Crippen molar-refractivity contribution in [2.45, 2.75) is 19.3 Å². The van der Waals surface area contributed by atoms with Gasteiger partial charge in [-0.25, -0.2) is 0 Å². The lowest BCUT2D eigenvalue weighted by Crippen LogP contribution is -2.12. The van der Waals surface area contributed by atoms with Crippen molar-refractivity contribution in [3.8, 4) is 0 Å². The number of aliphatic hydroxyl groups is 2. The van der Waals surface area contributed by atoms with E-state index in [0.717, 1.165) is 25.9 Å². The minimum Gasteiger partial charge on any atom is -0.396 e. The van der Waals surface area contributed by atoms with Gasteiger partial charge in [0.15, 0.2) is 0 Å². The normalized spacial score (nSPS) is 11.1. The van der Waals surface area contributed by atoms with E-state index in [1.54, 1.807) is 0 Å². The summed E-state index contributed by atoms with van der Waals surface area (Å²) in [5.74, 6) is 0. The summed E-state index contributed by atoms with van der Waals surface area (Å²) >= 11 is 0. The fraction of sp³-hybridized carbons (Fsp3) is 1.00. The minimum atomic E-state index is 0.0448. The second-order valence-electron chi connectivity index (χ2n) is 3.96. The van der Waals surface area contributed by atoms with Crippen LogP contribution in [-0.2, 0) is 18.9 Å². The van der Waals surface area contributed by atoms with Gasteiger partial charge in [-0.15, -0.1) is 0 Å². The Balaban J connectivity index is 2.88. The Morgan fingerprint density at radius 2 is 0.895 bits per heavy atom. The summed E-state index contributed by atoms with van der Waals surface area (Å²) in [5, 5.41) is 17.0. The van der Waals surface area contributed by atoms with Gasteiger partial charge in [-0.3, -0.25) is 0 Å². The van der Waals surface area contributed by atoms with E-state index in [-0.39, 0.29) is 13.2 Å². The molecule has 0 saturated carbocycles. The first kappa shape index (κ1) is 18.8. The largest absolute Gasteiger partial charge is 0.396 e. The van der Waals surface area contributed by atoms with Crippen molar-refractivity contribution in [3.63, 3.8) is 0 Å². The molecule has 116 valence electrons. The molecule has 0 rings (SSSR count). The molecule has 0 radical (unpaired) electrons. The summed E-state index contributed by atoms with van der Waals surface area (Å²) in [6.07, 6.45) is 2.83. The Hall–Kier alpha value is -0.240. The Kier molecular flexibility index (Phi) is 17.5. The first-order valence-corrected chi connectivity index (χ1v) is 6.94. The number of rotatable bonds is 16. The smallest absolute Gasteiger partial charge is 0.0701 e. The van der Waals surface area contributed by atoms with E-state index in [9.17, 15) is 0 Å². The lowest BCUT2D eigenvalue weighted by molar-refractivity contribution is -0.00581. The van der Waals surface area contributed by atoms with E-state index in [4.69, 9.17) is 29.2 Å². The van der Waals surface area contributed by atoms with Gasteiger partial charge in [-0.2, -0.15) is 0 Å². The zero-order valence-electron chi connectivity index (χ0n) is 11.7. The molecule has 2 N–H and O–H groups in total. The third-order valence-electron chi connectivity index (χ3n) is 2.30. The molecule has 0 atom stereocenters. The molecule has 6 nitrogen and oxygen atoms in total. The molecule has 19 heavy (non-hydrogen) atoms. The summed E-state index contributed by atoms with van der Waals surface area (Å²) in [4.78, 5) is 0. The minimum absolute atomic E-state index is 0.0448. The highest BCUT2D eigenvalue weighted by Crippen LogP contribution is 1.94. The zero-order valence-corrected chi connectivity index (χ0v) is 11.7. The van der Waals surface area contributed by atoms with E-state index in [0.29, 0.717) is 46.2 Å². The summed E-state index contributed by atoms with van der Waals surface area (Å²) in [6.45, 7) is 4.66. The molecular weight excluding hydrogens is 252 g/mol. The van der Waals surface area contributed by atoms with Gasteiger partial charge in [0.1, 0.15) is 0 Å². The lowest BCUT2D eigenvalue weighted by Gasteiger charge is -2.07. The highest BCUT2D eigenvalue weighted by molar-refractivity contribution is 4.40. The molecule has 0 aromatic rings. The van der Waals surface area contributed by atoms with E-state index < -0.39 is 0 Å². The standard InChI is InChI=1S/C13H28O6/c14-4-2-1-3-6-16-8-10-18-12-13-19-11-9-17-7-5-15/h14-15H,1-13H2. The molecule has 0 aromatic carbocycles. The zero-order chi connectivity index (χ0) is 14.0. The van der Waals surface area contributed by atoms with Gasteiger partial charge in [0.25, 0.3) is 0 Å². The molecule has 0 spiro atoms. The lowest BCUT2D eigenvalue weighted by atomic mass is 10.2. The molecule has 0 aliphatic carbocycles. The predicted octanol–water partition coefficient (Wildman–Crippen LogP) is 0.208. The predicted molar refractivity (Wildman–Crippen MR) is 71.3 cm³/mol. The van der Waals surface area contributed by atoms with Crippen molar-refractivity contribution in [1.82, 2.24) is 0 Å². The van der Waals surface area contributed by atoms with E-state index >= 15 is 0 Å². The fourth-order valence-corrected chi connectivity index (χ4v) is 1.32. The molecule has 0 unspecified atom stereocenters. The van der Waals surface area contributed by atoms with Gasteiger partial charge < -0.3 is 29.2 Å². The van der Waals surface area contributed by atoms with Gasteiger partial charge in [-0.05, 0) is 19.3 Å². The van der Waals surface area contributed by atoms with Gasteiger partial charge in [0.2, 0.25) is 0 Å². The van der Waals surface area contributed by atoms with Crippen molar-refractivity contribution >= 4 is 0 Å². The molecule has 0 aromatic heterocycles. The van der Waals surface area contributed by atoms with E-state index in [2.05, 4.69) is 0 Å². The van der Waals surface area contributed by atoms with E-state index in [1.165, 1.54) is 0 Å². The molecule has 0 saturated heterocycles. The SMILES string of the molecule is OCCCCCOCCOCCOCCOCCO. The van der Waals surface area contributed by atoms with Crippen LogP contribution < -0.4 is 0 Å². The molecule has 6 heteroatoms. The quantitative estimate of drug-likeness (QED) is 0.394. The third kappa shape index (κ3) is 17.8. The first-order chi connectivity index (χ1) is 9.41. The van der Waals surface area contributed by atoms with Crippen molar-refractivity contribution in [3.05, 3.63) is 0 Å². The maximum Gasteiger partial charge on any atom is 0.0701 e. The fourth-order valence-electron chi connectivity index (χ4n) is 1.32. The topological polar surface area (TPSA) is 77.4 Å². The number of ether oxygens (including phenoxy) is 4. The summed E-state index contributed by atoms with van der Waals surface area (Å²) in [6, 6.07) is 0. The monoisotopic (exact) mass is 280 g/mol. The Morgan fingerprint density at radius 1 is 0.421 bits per heavy atom. The van der Waals surface area contributed by atoms with Crippen LogP contribution in [0.4, 0.5) is 0 Å². The Morgan fingerprint density at radius 3 is 1.37 bits per heavy atom. The van der Waals surface area contributed by atoms with Gasteiger partial charge >= 0.3 is 0 Å². The van der Waals surface area contributed by atoms with Crippen LogP contribution in [0.2, 0.25) is 0 Å². The Bertz CT molecular complexity index is 140. The molecule has 0 amide bonds. The van der Waals surface area contributed by atoms with Crippen LogP contribution in [0.15, 0.2) is 0 Å². The van der Waals surface area contributed by atoms with Crippen molar-refractivity contribution in [2.75, 3.05) is 66.1 Å². The van der Waals surface area contributed by atoms with Gasteiger partial charge in [0.05, 0.1) is 52.9 Å². The number of unbranched alkanes of at least 4 members (excludes halogenated alkanes) is 2. The number of hydrogen-bond donors (Lipinski definition) is 2. The maximum absolute atomic E-state index is 8.58. The highest BCUT2D eigenvalue weighted by atomic mass is 16.6. The van der Waals surface area contributed by atoms with Crippen molar-refractivity contribution < 1.29 is 29.2 Å². The molecule has 0 aliphatic rings. The third-order valence-corrected chi connectivity index (χ3v) is 2.30. The van der Waals surface area contributed by atoms with Crippen LogP contribution in [0, 0.1) is 0 Å². The van der Waals surface area contributed by atoms with Crippen LogP contribution in [0.1, 0.15) is 19.3 Å². The summed E-state index contributed by atoms with van der Waals surface area (Å²) in [5.41, 5.74) is 0. The second-order valence-corrected chi connectivity index (χ2v) is 3.96. The van der Waals surface area contributed by atoms with Crippen molar-refractivity contribution in [2.24, 2.45) is 0 Å². The van der Waals surface area contributed by atoms with Crippen LogP contribution in [0.5, 0.6) is 0 Å². The van der Waals surface area contributed by atoms with Crippen LogP contribution >= 0.6 is 0 Å². The summed E-state index contributed by atoms with van der Waals surface area (Å²) in [7, 11) is 0. The first-order valence-electron chi connectivity index (χ1n) is 6.94. The molecule has 0 bridgehead atoms. The Labute approximate surface area is 115 Å². The van der Waals surface area contributed by atoms with Crippen molar-refractivity contribution in [1.29, 1.82) is 0 Å². The second kappa shape index (κ2) is 17.8. The molecule has 0 aliphatic heterocycles. The van der Waals surface area contributed by atoms with Crippen LogP contribution in [0.3, 0.4) is 0 Å². The van der Waals surface area contributed by atoms with Crippen LogP contribution in [-0.4, -0.2) is 76.3 Å². The van der Waals surface area contributed by atoms with Gasteiger partial charge in [-0.1, -0.05) is 0 Å². The highest BCUT2D eigenvalue weighted by Gasteiger charge is 1.93. The maximum atomic E-state index is 8.58. The number of hydrogen-bond acceptors (Lipinski definition) is 6. The molecule has 0 fully saturated rings. The average Bonchev–Trinajstić information content (AvgIpc) is 2.43. The number of aliphatic hydroxyl groups excluding tert-OH is 2. The average molecular weight is 280 g/mol. The van der Waals surface area contributed by atoms with Gasteiger partial charge in [0, 0.05) is 13.2 Å².